The zero-order valence-electron chi connectivity index (χ0n) is 17.1. The van der Waals surface area contributed by atoms with Gasteiger partial charge in [-0.2, -0.15) is 0 Å². The molecule has 0 N–H and O–H groups in total. The first-order valence-electron chi connectivity index (χ1n) is 10.2. The van der Waals surface area contributed by atoms with Crippen molar-refractivity contribution >= 4 is 24.3 Å². The molecular formula is C22H38O2Sn. The van der Waals surface area contributed by atoms with Crippen molar-refractivity contribution in [2.45, 2.75) is 89.9 Å². The minimum absolute atomic E-state index is 0.0119. The molecule has 1 aromatic rings. The summed E-state index contributed by atoms with van der Waals surface area (Å²) in [7, 11) is 0. The summed E-state index contributed by atoms with van der Waals surface area (Å²) < 4.78 is 9.53. The van der Waals surface area contributed by atoms with E-state index < -0.39 is 18.4 Å². The average molecular weight is 453 g/mol. The van der Waals surface area contributed by atoms with Crippen molar-refractivity contribution in [2.24, 2.45) is 0 Å². The predicted octanol–water partition coefficient (Wildman–Crippen LogP) is 7.22. The van der Waals surface area contributed by atoms with E-state index in [0.29, 0.717) is 5.75 Å². The third-order valence-electron chi connectivity index (χ3n) is 5.82. The molecule has 0 amide bonds. The van der Waals surface area contributed by atoms with E-state index in [9.17, 15) is 4.79 Å². The SMILES string of the molecule is CCC[CH2][Sn]([CH2]CCC)([CH2]CCC)[C](C)(C)C(=O)Oc1ccccc1. The fraction of sp³-hybridized carbons (Fsp3) is 0.682. The molecule has 1 aromatic carbocycles. The van der Waals surface area contributed by atoms with Crippen LogP contribution in [0.1, 0.15) is 73.1 Å². The molecule has 142 valence electrons. The fourth-order valence-corrected chi connectivity index (χ4v) is 21.5. The Morgan fingerprint density at radius 3 is 1.72 bits per heavy atom. The van der Waals surface area contributed by atoms with Crippen LogP contribution in [0.5, 0.6) is 5.75 Å². The molecule has 0 atom stereocenters. The van der Waals surface area contributed by atoms with Crippen molar-refractivity contribution in [3.63, 3.8) is 0 Å². The number of ether oxygens (including phenoxy) is 1. The Morgan fingerprint density at radius 1 is 0.880 bits per heavy atom. The summed E-state index contributed by atoms with van der Waals surface area (Å²) >= 11 is -2.70. The van der Waals surface area contributed by atoms with Crippen molar-refractivity contribution in [1.82, 2.24) is 0 Å². The van der Waals surface area contributed by atoms with Crippen molar-refractivity contribution in [3.8, 4) is 5.75 Å². The molecule has 3 heteroatoms. The van der Waals surface area contributed by atoms with Gasteiger partial charge in [0.05, 0.1) is 0 Å². The van der Waals surface area contributed by atoms with Gasteiger partial charge in [-0.3, -0.25) is 0 Å². The number of rotatable bonds is 12. The summed E-state index contributed by atoms with van der Waals surface area (Å²) in [5, 5.41) is 0. The van der Waals surface area contributed by atoms with Gasteiger partial charge in [0.2, 0.25) is 0 Å². The van der Waals surface area contributed by atoms with Gasteiger partial charge in [0.25, 0.3) is 0 Å². The van der Waals surface area contributed by atoms with Gasteiger partial charge >= 0.3 is 160 Å². The molecule has 0 aliphatic carbocycles. The van der Waals surface area contributed by atoms with Gasteiger partial charge in [-0.25, -0.2) is 0 Å². The standard InChI is InChI=1S/C10H11O2.3C4H9.Sn/c1-8(2)10(11)12-9-6-4-3-5-7-9;3*1-3-4-2;/h3-7H,1-2H3;3*1,3-4H2,2H3;. The summed E-state index contributed by atoms with van der Waals surface area (Å²) in [4.78, 5) is 13.2. The third-order valence-corrected chi connectivity index (χ3v) is 25.2. The van der Waals surface area contributed by atoms with E-state index in [1.807, 2.05) is 30.3 Å². The summed E-state index contributed by atoms with van der Waals surface area (Å²) in [6.45, 7) is 11.2. The van der Waals surface area contributed by atoms with Crippen LogP contribution in [-0.2, 0) is 4.79 Å². The molecule has 1 rings (SSSR count). The first-order valence-corrected chi connectivity index (χ1v) is 17.7. The number of benzene rings is 1. The molecule has 0 aliphatic heterocycles. The number of hydrogen-bond acceptors (Lipinski definition) is 2. The van der Waals surface area contributed by atoms with Crippen LogP contribution in [0, 0.1) is 0 Å². The second-order valence-electron chi connectivity index (χ2n) is 7.92. The molecule has 0 bridgehead atoms. The van der Waals surface area contributed by atoms with Crippen molar-refractivity contribution < 1.29 is 9.53 Å². The number of para-hydroxylation sites is 1. The van der Waals surface area contributed by atoms with Crippen LogP contribution >= 0.6 is 0 Å². The van der Waals surface area contributed by atoms with Crippen LogP contribution in [0.25, 0.3) is 0 Å². The van der Waals surface area contributed by atoms with Crippen LogP contribution in [0.15, 0.2) is 30.3 Å². The first-order chi connectivity index (χ1) is 11.9. The third kappa shape index (κ3) is 6.30. The molecule has 0 unspecified atom stereocenters. The Morgan fingerprint density at radius 2 is 1.32 bits per heavy atom. The normalized spacial score (nSPS) is 12.2. The molecule has 0 heterocycles. The molecule has 0 saturated heterocycles. The second kappa shape index (κ2) is 11.3. The van der Waals surface area contributed by atoms with E-state index >= 15 is 0 Å². The monoisotopic (exact) mass is 454 g/mol. The molecule has 0 fully saturated rings. The van der Waals surface area contributed by atoms with Crippen molar-refractivity contribution in [3.05, 3.63) is 30.3 Å². The molecule has 0 saturated carbocycles. The van der Waals surface area contributed by atoms with E-state index in [1.54, 1.807) is 0 Å². The number of unbranched alkanes of at least 4 members (excludes halogenated alkanes) is 3. The van der Waals surface area contributed by atoms with Crippen LogP contribution in [0.3, 0.4) is 0 Å². The molecule has 0 aliphatic rings. The van der Waals surface area contributed by atoms with E-state index in [2.05, 4.69) is 34.6 Å². The quantitative estimate of drug-likeness (QED) is 0.190. The molecule has 25 heavy (non-hydrogen) atoms. The van der Waals surface area contributed by atoms with Crippen LogP contribution < -0.4 is 4.74 Å². The molecule has 0 aromatic heterocycles. The van der Waals surface area contributed by atoms with E-state index in [4.69, 9.17) is 4.74 Å². The number of esters is 1. The topological polar surface area (TPSA) is 26.3 Å². The average Bonchev–Trinajstić information content (AvgIpc) is 2.62. The first kappa shape index (κ1) is 22.5. The predicted molar refractivity (Wildman–Crippen MR) is 111 cm³/mol. The molecular weight excluding hydrogens is 415 g/mol. The Hall–Kier alpha value is -0.511. The maximum atomic E-state index is 13.2. The minimum atomic E-state index is -2.70. The van der Waals surface area contributed by atoms with E-state index in [-0.39, 0.29) is 9.40 Å². The van der Waals surface area contributed by atoms with Crippen LogP contribution in [0.2, 0.25) is 16.7 Å². The summed E-state index contributed by atoms with van der Waals surface area (Å²) in [6.07, 6.45) is 7.48. The molecule has 2 nitrogen and oxygen atoms in total. The fourth-order valence-electron chi connectivity index (χ4n) is 3.80. The van der Waals surface area contributed by atoms with Gasteiger partial charge in [-0.05, 0) is 0 Å². The summed E-state index contributed by atoms with van der Waals surface area (Å²) in [5.74, 6) is 0.694. The van der Waals surface area contributed by atoms with Gasteiger partial charge < -0.3 is 0 Å². The van der Waals surface area contributed by atoms with Gasteiger partial charge in [0.1, 0.15) is 0 Å². The summed E-state index contributed by atoms with van der Waals surface area (Å²) in [5.41, 5.74) is 0. The Balaban J connectivity index is 3.09. The Bertz CT molecular complexity index is 474. The van der Waals surface area contributed by atoms with Crippen LogP contribution in [-0.4, -0.2) is 24.3 Å². The zero-order chi connectivity index (χ0) is 18.8. The van der Waals surface area contributed by atoms with Gasteiger partial charge in [-0.1, -0.05) is 0 Å². The number of carbonyl (C=O) groups excluding carboxylic acids is 1. The van der Waals surface area contributed by atoms with Crippen molar-refractivity contribution in [2.75, 3.05) is 0 Å². The maximum absolute atomic E-state index is 13.2. The van der Waals surface area contributed by atoms with Crippen molar-refractivity contribution in [1.29, 1.82) is 0 Å². The summed E-state index contributed by atoms with van der Waals surface area (Å²) in [6, 6.07) is 9.58. The van der Waals surface area contributed by atoms with Gasteiger partial charge in [-0.15, -0.1) is 0 Å². The van der Waals surface area contributed by atoms with E-state index in [0.717, 1.165) is 0 Å². The van der Waals surface area contributed by atoms with Gasteiger partial charge in [0, 0.05) is 0 Å². The number of carbonyl (C=O) groups is 1. The Kier molecular flexibility index (Phi) is 10.1. The Labute approximate surface area is 159 Å². The van der Waals surface area contributed by atoms with Gasteiger partial charge in [0.15, 0.2) is 0 Å². The molecule has 0 spiro atoms. The molecule has 0 radical (unpaired) electrons. The number of hydrogen-bond donors (Lipinski definition) is 0. The van der Waals surface area contributed by atoms with Crippen LogP contribution in [0.4, 0.5) is 0 Å². The van der Waals surface area contributed by atoms with E-state index in [1.165, 1.54) is 51.8 Å². The zero-order valence-corrected chi connectivity index (χ0v) is 19.9. The second-order valence-corrected chi connectivity index (χ2v) is 23.1.